The molecule has 0 saturated heterocycles. The van der Waals surface area contributed by atoms with Crippen LogP contribution >= 0.6 is 15.9 Å². The lowest BCUT2D eigenvalue weighted by Gasteiger charge is -2.09. The summed E-state index contributed by atoms with van der Waals surface area (Å²) in [6.45, 7) is 2.59. The summed E-state index contributed by atoms with van der Waals surface area (Å²) in [4.78, 5) is 22.6. The zero-order valence-electron chi connectivity index (χ0n) is 13.5. The second kappa shape index (κ2) is 9.03. The molecule has 0 aliphatic carbocycles. The van der Waals surface area contributed by atoms with Crippen LogP contribution in [-0.2, 0) is 0 Å². The van der Waals surface area contributed by atoms with Gasteiger partial charge in [-0.2, -0.15) is 0 Å². The molecule has 25 heavy (non-hydrogen) atoms. The first-order chi connectivity index (χ1) is 12.0. The van der Waals surface area contributed by atoms with Crippen LogP contribution in [0, 0.1) is 10.1 Å². The van der Waals surface area contributed by atoms with Crippen LogP contribution in [0.2, 0.25) is 0 Å². The van der Waals surface area contributed by atoms with Gasteiger partial charge < -0.3 is 14.8 Å². The summed E-state index contributed by atoms with van der Waals surface area (Å²) < 4.78 is 11.6. The van der Waals surface area contributed by atoms with Gasteiger partial charge in [0, 0.05) is 16.1 Å². The van der Waals surface area contributed by atoms with Crippen molar-refractivity contribution >= 4 is 27.5 Å². The van der Waals surface area contributed by atoms with Gasteiger partial charge in [0.1, 0.15) is 12.4 Å². The fourth-order valence-corrected chi connectivity index (χ4v) is 2.45. The molecule has 0 radical (unpaired) electrons. The number of carbonyl (C=O) groups is 1. The van der Waals surface area contributed by atoms with Crippen molar-refractivity contribution in [1.82, 2.24) is 5.32 Å². The van der Waals surface area contributed by atoms with Gasteiger partial charge in [0.25, 0.3) is 5.91 Å². The van der Waals surface area contributed by atoms with Crippen molar-refractivity contribution in [1.29, 1.82) is 0 Å². The number of hydrogen-bond donors (Lipinski definition) is 1. The van der Waals surface area contributed by atoms with Crippen LogP contribution in [0.1, 0.15) is 17.3 Å². The molecule has 0 atom stereocenters. The molecular weight excluding hydrogens is 392 g/mol. The normalized spacial score (nSPS) is 10.2. The van der Waals surface area contributed by atoms with Gasteiger partial charge in [-0.3, -0.25) is 14.9 Å². The zero-order valence-corrected chi connectivity index (χ0v) is 15.1. The molecule has 2 aromatic carbocycles. The van der Waals surface area contributed by atoms with Crippen molar-refractivity contribution in [2.45, 2.75) is 6.92 Å². The lowest BCUT2D eigenvalue weighted by molar-refractivity contribution is -0.385. The third kappa shape index (κ3) is 5.46. The van der Waals surface area contributed by atoms with Crippen LogP contribution in [0.15, 0.2) is 46.9 Å². The lowest BCUT2D eigenvalue weighted by Crippen LogP contribution is -2.28. The molecule has 2 rings (SSSR count). The molecule has 0 saturated carbocycles. The Labute approximate surface area is 153 Å². The van der Waals surface area contributed by atoms with Crippen molar-refractivity contribution in [3.63, 3.8) is 0 Å². The first-order valence-electron chi connectivity index (χ1n) is 7.59. The van der Waals surface area contributed by atoms with E-state index >= 15 is 0 Å². The lowest BCUT2D eigenvalue weighted by atomic mass is 10.1. The summed E-state index contributed by atoms with van der Waals surface area (Å²) in [7, 11) is 0. The number of rotatable bonds is 8. The maximum absolute atomic E-state index is 12.1. The molecule has 1 N–H and O–H groups in total. The molecule has 0 fully saturated rings. The van der Waals surface area contributed by atoms with E-state index in [0.717, 1.165) is 4.47 Å². The summed E-state index contributed by atoms with van der Waals surface area (Å²) in [5, 5.41) is 13.7. The number of nitro benzene ring substituents is 1. The van der Waals surface area contributed by atoms with E-state index in [2.05, 4.69) is 21.2 Å². The van der Waals surface area contributed by atoms with E-state index in [1.54, 1.807) is 6.92 Å². The average Bonchev–Trinajstić information content (AvgIpc) is 2.59. The summed E-state index contributed by atoms with van der Waals surface area (Å²) in [6.07, 6.45) is 0. The summed E-state index contributed by atoms with van der Waals surface area (Å²) in [5.74, 6) is 0.409. The van der Waals surface area contributed by atoms with Gasteiger partial charge in [0.2, 0.25) is 0 Å². The SMILES string of the molecule is CCOc1ccc(C(=O)NCCOc2cccc(Br)c2)cc1[N+](=O)[O-]. The van der Waals surface area contributed by atoms with E-state index in [-0.39, 0.29) is 30.2 Å². The maximum atomic E-state index is 12.1. The molecule has 0 aliphatic rings. The number of halogens is 1. The van der Waals surface area contributed by atoms with Gasteiger partial charge in [0.15, 0.2) is 5.75 Å². The molecule has 0 unspecified atom stereocenters. The second-order valence-corrected chi connectivity index (χ2v) is 5.85. The molecule has 0 spiro atoms. The van der Waals surface area contributed by atoms with Crippen molar-refractivity contribution < 1.29 is 19.2 Å². The Hall–Kier alpha value is -2.61. The number of carbonyl (C=O) groups excluding carboxylic acids is 1. The minimum Gasteiger partial charge on any atom is -0.492 e. The van der Waals surface area contributed by atoms with E-state index in [1.165, 1.54) is 18.2 Å². The standard InChI is InChI=1S/C17H17BrN2O5/c1-2-24-16-7-6-12(10-15(16)20(22)23)17(21)19-8-9-25-14-5-3-4-13(18)11-14/h3-7,10-11H,2,8-9H2,1H3,(H,19,21). The van der Waals surface area contributed by atoms with E-state index in [4.69, 9.17) is 9.47 Å². The quantitative estimate of drug-likeness (QED) is 0.409. The highest BCUT2D eigenvalue weighted by Gasteiger charge is 2.18. The Kier molecular flexibility index (Phi) is 6.76. The molecular formula is C17H17BrN2O5. The molecule has 7 nitrogen and oxygen atoms in total. The van der Waals surface area contributed by atoms with E-state index in [0.29, 0.717) is 12.4 Å². The zero-order chi connectivity index (χ0) is 18.2. The molecule has 0 bridgehead atoms. The Morgan fingerprint density at radius 1 is 1.24 bits per heavy atom. The number of amides is 1. The van der Waals surface area contributed by atoms with Gasteiger partial charge in [-0.05, 0) is 37.3 Å². The van der Waals surface area contributed by atoms with E-state index < -0.39 is 10.8 Å². The van der Waals surface area contributed by atoms with Crippen molar-refractivity contribution in [3.8, 4) is 11.5 Å². The monoisotopic (exact) mass is 408 g/mol. The van der Waals surface area contributed by atoms with Crippen LogP contribution in [0.4, 0.5) is 5.69 Å². The van der Waals surface area contributed by atoms with Crippen LogP contribution in [0.25, 0.3) is 0 Å². The molecule has 1 amide bonds. The van der Waals surface area contributed by atoms with Gasteiger partial charge in [-0.25, -0.2) is 0 Å². The highest BCUT2D eigenvalue weighted by atomic mass is 79.9. The molecule has 0 aliphatic heterocycles. The largest absolute Gasteiger partial charge is 0.492 e. The molecule has 0 aromatic heterocycles. The summed E-state index contributed by atoms with van der Waals surface area (Å²) in [6, 6.07) is 11.5. The van der Waals surface area contributed by atoms with Crippen LogP contribution < -0.4 is 14.8 Å². The average molecular weight is 409 g/mol. The van der Waals surface area contributed by atoms with Crippen molar-refractivity contribution in [3.05, 3.63) is 62.6 Å². The fourth-order valence-electron chi connectivity index (χ4n) is 2.07. The number of ether oxygens (including phenoxy) is 2. The van der Waals surface area contributed by atoms with Gasteiger partial charge in [-0.1, -0.05) is 22.0 Å². The number of nitro groups is 1. The molecule has 2 aromatic rings. The molecule has 8 heteroatoms. The van der Waals surface area contributed by atoms with Gasteiger partial charge in [-0.15, -0.1) is 0 Å². The Morgan fingerprint density at radius 3 is 2.72 bits per heavy atom. The fraction of sp³-hybridized carbons (Fsp3) is 0.235. The molecule has 132 valence electrons. The van der Waals surface area contributed by atoms with E-state index in [9.17, 15) is 14.9 Å². The highest BCUT2D eigenvalue weighted by molar-refractivity contribution is 9.10. The van der Waals surface area contributed by atoms with Gasteiger partial charge in [0.05, 0.1) is 18.1 Å². The van der Waals surface area contributed by atoms with Gasteiger partial charge >= 0.3 is 5.69 Å². The molecule has 0 heterocycles. The predicted octanol–water partition coefficient (Wildman–Crippen LogP) is 3.56. The van der Waals surface area contributed by atoms with Crippen molar-refractivity contribution in [2.24, 2.45) is 0 Å². The third-order valence-corrected chi connectivity index (χ3v) is 3.66. The second-order valence-electron chi connectivity index (χ2n) is 4.93. The third-order valence-electron chi connectivity index (χ3n) is 3.17. The van der Waals surface area contributed by atoms with Crippen LogP contribution in [0.3, 0.4) is 0 Å². The minimum absolute atomic E-state index is 0.141. The van der Waals surface area contributed by atoms with Crippen molar-refractivity contribution in [2.75, 3.05) is 19.8 Å². The smallest absolute Gasteiger partial charge is 0.311 e. The Balaban J connectivity index is 1.92. The van der Waals surface area contributed by atoms with E-state index in [1.807, 2.05) is 24.3 Å². The summed E-state index contributed by atoms with van der Waals surface area (Å²) >= 11 is 3.35. The Morgan fingerprint density at radius 2 is 2.04 bits per heavy atom. The number of hydrogen-bond acceptors (Lipinski definition) is 5. The van der Waals surface area contributed by atoms with Crippen LogP contribution in [0.5, 0.6) is 11.5 Å². The maximum Gasteiger partial charge on any atom is 0.311 e. The number of benzene rings is 2. The van der Waals surface area contributed by atoms with Crippen LogP contribution in [-0.4, -0.2) is 30.6 Å². The minimum atomic E-state index is -0.571. The summed E-state index contributed by atoms with van der Waals surface area (Å²) in [5.41, 5.74) is -0.0440. The highest BCUT2D eigenvalue weighted by Crippen LogP contribution is 2.27. The topological polar surface area (TPSA) is 90.7 Å². The Bertz CT molecular complexity index is 766. The predicted molar refractivity (Wildman–Crippen MR) is 96.2 cm³/mol. The first kappa shape index (κ1) is 18.7. The number of nitrogens with zero attached hydrogens (tertiary/aromatic N) is 1. The first-order valence-corrected chi connectivity index (χ1v) is 8.38. The number of nitrogens with one attached hydrogen (secondary N) is 1.